The Hall–Kier alpha value is -0.880. The Morgan fingerprint density at radius 3 is 2.59 bits per heavy atom. The van der Waals surface area contributed by atoms with Gasteiger partial charge in [0.25, 0.3) is 0 Å². The van der Waals surface area contributed by atoms with Crippen molar-refractivity contribution in [2.75, 3.05) is 26.8 Å². The van der Waals surface area contributed by atoms with Crippen molar-refractivity contribution in [3.63, 3.8) is 0 Å². The van der Waals surface area contributed by atoms with Gasteiger partial charge >= 0.3 is 0 Å². The number of pyridine rings is 1. The first-order chi connectivity index (χ1) is 9.66. The summed E-state index contributed by atoms with van der Waals surface area (Å²) in [4.78, 5) is 16.7. The molecular formula is C15H25Cl2N3O2. The van der Waals surface area contributed by atoms with E-state index in [1.165, 1.54) is 0 Å². The highest BCUT2D eigenvalue weighted by molar-refractivity contribution is 5.85. The summed E-state index contributed by atoms with van der Waals surface area (Å²) >= 11 is 0. The van der Waals surface area contributed by atoms with Crippen molar-refractivity contribution in [2.45, 2.75) is 26.3 Å². The summed E-state index contributed by atoms with van der Waals surface area (Å²) in [5, 5.41) is 6.31. The molecule has 0 saturated carbocycles. The van der Waals surface area contributed by atoms with E-state index in [4.69, 9.17) is 4.74 Å². The highest BCUT2D eigenvalue weighted by Crippen LogP contribution is 2.29. The molecule has 1 aliphatic rings. The van der Waals surface area contributed by atoms with Gasteiger partial charge in [0.15, 0.2) is 0 Å². The number of aryl methyl sites for hydroxylation is 1. The maximum absolute atomic E-state index is 12.5. The number of rotatable bonds is 5. The fraction of sp³-hybridized carbons (Fsp3) is 0.600. The molecule has 0 spiro atoms. The second-order valence-corrected chi connectivity index (χ2v) is 5.45. The summed E-state index contributed by atoms with van der Waals surface area (Å²) in [7, 11) is 1.65. The molecule has 1 aromatic heterocycles. The normalized spacial score (nSPS) is 16.1. The molecule has 2 N–H and O–H groups in total. The summed E-state index contributed by atoms with van der Waals surface area (Å²) < 4.78 is 5.27. The summed E-state index contributed by atoms with van der Waals surface area (Å²) in [6.45, 7) is 4.67. The Labute approximate surface area is 144 Å². The first-order valence-corrected chi connectivity index (χ1v) is 7.06. The van der Waals surface area contributed by atoms with Crippen LogP contribution in [0.25, 0.3) is 0 Å². The van der Waals surface area contributed by atoms with Gasteiger partial charge in [0.2, 0.25) is 5.91 Å². The van der Waals surface area contributed by atoms with Gasteiger partial charge in [-0.05, 0) is 44.5 Å². The van der Waals surface area contributed by atoms with Crippen LogP contribution in [-0.2, 0) is 16.1 Å². The Bertz CT molecular complexity index is 443. The molecule has 126 valence electrons. The van der Waals surface area contributed by atoms with Gasteiger partial charge in [0.05, 0.1) is 12.0 Å². The number of halogens is 2. The first-order valence-electron chi connectivity index (χ1n) is 7.06. The van der Waals surface area contributed by atoms with E-state index in [9.17, 15) is 4.79 Å². The molecule has 7 heteroatoms. The topological polar surface area (TPSA) is 63.2 Å². The number of nitrogens with one attached hydrogen (secondary N) is 2. The zero-order chi connectivity index (χ0) is 14.4. The van der Waals surface area contributed by atoms with Gasteiger partial charge in [-0.2, -0.15) is 0 Å². The number of carbonyl (C=O) groups excluding carboxylic acids is 1. The Balaban J connectivity index is 0.00000220. The molecule has 1 fully saturated rings. The van der Waals surface area contributed by atoms with Crippen LogP contribution < -0.4 is 10.6 Å². The molecule has 0 radical (unpaired) electrons. The minimum atomic E-state index is -0.391. The van der Waals surface area contributed by atoms with E-state index in [0.717, 1.165) is 37.2 Å². The van der Waals surface area contributed by atoms with Crippen LogP contribution in [0.5, 0.6) is 0 Å². The van der Waals surface area contributed by atoms with Crippen LogP contribution in [0.1, 0.15) is 24.1 Å². The number of piperidine rings is 1. The van der Waals surface area contributed by atoms with Crippen molar-refractivity contribution in [2.24, 2.45) is 5.41 Å². The molecule has 1 aromatic rings. The van der Waals surface area contributed by atoms with E-state index < -0.39 is 5.41 Å². The van der Waals surface area contributed by atoms with Crippen molar-refractivity contribution < 1.29 is 9.53 Å². The van der Waals surface area contributed by atoms with Crippen molar-refractivity contribution in [3.8, 4) is 0 Å². The predicted octanol–water partition coefficient (Wildman–Crippen LogP) is 1.87. The minimum Gasteiger partial charge on any atom is -0.384 e. The third-order valence-corrected chi connectivity index (χ3v) is 3.89. The van der Waals surface area contributed by atoms with Crippen LogP contribution in [0.3, 0.4) is 0 Å². The monoisotopic (exact) mass is 349 g/mol. The second-order valence-electron chi connectivity index (χ2n) is 5.45. The van der Waals surface area contributed by atoms with Crippen LogP contribution in [-0.4, -0.2) is 37.7 Å². The molecule has 0 aromatic carbocycles. The van der Waals surface area contributed by atoms with Gasteiger partial charge in [0, 0.05) is 25.5 Å². The van der Waals surface area contributed by atoms with Gasteiger partial charge in [-0.15, -0.1) is 24.8 Å². The van der Waals surface area contributed by atoms with Crippen molar-refractivity contribution in [3.05, 3.63) is 29.6 Å². The number of aromatic nitrogens is 1. The summed E-state index contributed by atoms with van der Waals surface area (Å²) in [5.74, 6) is 0.0847. The maximum atomic E-state index is 12.5. The molecular weight excluding hydrogens is 325 g/mol. The molecule has 1 amide bonds. The highest BCUT2D eigenvalue weighted by Gasteiger charge is 2.39. The van der Waals surface area contributed by atoms with E-state index in [-0.39, 0.29) is 30.7 Å². The van der Waals surface area contributed by atoms with Crippen molar-refractivity contribution >= 4 is 30.7 Å². The third-order valence-electron chi connectivity index (χ3n) is 3.89. The van der Waals surface area contributed by atoms with Crippen molar-refractivity contribution in [1.29, 1.82) is 0 Å². The van der Waals surface area contributed by atoms with Crippen LogP contribution >= 0.6 is 24.8 Å². The van der Waals surface area contributed by atoms with Crippen LogP contribution in [0.4, 0.5) is 0 Å². The summed E-state index contributed by atoms with van der Waals surface area (Å²) in [6.07, 6.45) is 3.44. The zero-order valence-electron chi connectivity index (χ0n) is 13.1. The van der Waals surface area contributed by atoms with Gasteiger partial charge in [-0.1, -0.05) is 6.07 Å². The number of hydrogen-bond acceptors (Lipinski definition) is 4. The lowest BCUT2D eigenvalue weighted by molar-refractivity contribution is -0.136. The zero-order valence-corrected chi connectivity index (χ0v) is 14.7. The Kier molecular flexibility index (Phi) is 9.60. The van der Waals surface area contributed by atoms with Crippen LogP contribution in [0.15, 0.2) is 18.3 Å². The largest absolute Gasteiger partial charge is 0.384 e. The molecule has 0 aliphatic carbocycles. The van der Waals surface area contributed by atoms with E-state index in [0.29, 0.717) is 13.2 Å². The lowest BCUT2D eigenvalue weighted by Crippen LogP contribution is -2.49. The smallest absolute Gasteiger partial charge is 0.228 e. The number of carbonyl (C=O) groups is 1. The number of nitrogens with zero attached hydrogens (tertiary/aromatic N) is 1. The van der Waals surface area contributed by atoms with Gasteiger partial charge in [0.1, 0.15) is 0 Å². The van der Waals surface area contributed by atoms with Gasteiger partial charge in [-0.3, -0.25) is 9.78 Å². The molecule has 2 heterocycles. The lowest BCUT2D eigenvalue weighted by atomic mass is 9.78. The number of hydrogen-bond donors (Lipinski definition) is 2. The van der Waals surface area contributed by atoms with Crippen molar-refractivity contribution in [1.82, 2.24) is 15.6 Å². The standard InChI is InChI=1S/C15H23N3O2.2ClH/c1-12-3-4-13(9-17-12)10-18-14(19)15(11-20-2)5-7-16-8-6-15;;/h3-4,9,16H,5-8,10-11H2,1-2H3,(H,18,19);2*1H. The molecule has 2 rings (SSSR count). The molecule has 0 atom stereocenters. The molecule has 22 heavy (non-hydrogen) atoms. The molecule has 0 unspecified atom stereocenters. The third kappa shape index (κ3) is 5.39. The number of ether oxygens (including phenoxy) is 1. The fourth-order valence-corrected chi connectivity index (χ4v) is 2.59. The Morgan fingerprint density at radius 2 is 2.05 bits per heavy atom. The van der Waals surface area contributed by atoms with E-state index in [1.807, 2.05) is 19.1 Å². The van der Waals surface area contributed by atoms with Crippen LogP contribution in [0, 0.1) is 12.3 Å². The minimum absolute atomic E-state index is 0. The first kappa shape index (κ1) is 21.1. The van der Waals surface area contributed by atoms with Gasteiger partial charge in [-0.25, -0.2) is 0 Å². The second kappa shape index (κ2) is 10.0. The van der Waals surface area contributed by atoms with E-state index >= 15 is 0 Å². The number of methoxy groups -OCH3 is 1. The quantitative estimate of drug-likeness (QED) is 0.851. The SMILES string of the molecule is COCC1(C(=O)NCc2ccc(C)nc2)CCNCC1.Cl.Cl. The molecule has 1 aliphatic heterocycles. The number of amides is 1. The van der Waals surface area contributed by atoms with E-state index in [1.54, 1.807) is 13.3 Å². The molecule has 1 saturated heterocycles. The fourth-order valence-electron chi connectivity index (χ4n) is 2.59. The van der Waals surface area contributed by atoms with E-state index in [2.05, 4.69) is 15.6 Å². The average molecular weight is 350 g/mol. The average Bonchev–Trinajstić information content (AvgIpc) is 2.47. The predicted molar refractivity (Wildman–Crippen MR) is 91.7 cm³/mol. The molecule has 5 nitrogen and oxygen atoms in total. The summed E-state index contributed by atoms with van der Waals surface area (Å²) in [6, 6.07) is 3.95. The van der Waals surface area contributed by atoms with Gasteiger partial charge < -0.3 is 15.4 Å². The Morgan fingerprint density at radius 1 is 1.36 bits per heavy atom. The molecule has 0 bridgehead atoms. The van der Waals surface area contributed by atoms with Crippen LogP contribution in [0.2, 0.25) is 0 Å². The maximum Gasteiger partial charge on any atom is 0.228 e. The highest BCUT2D eigenvalue weighted by atomic mass is 35.5. The summed E-state index contributed by atoms with van der Waals surface area (Å²) in [5.41, 5.74) is 1.61. The lowest BCUT2D eigenvalue weighted by Gasteiger charge is -2.35.